The van der Waals surface area contributed by atoms with E-state index in [0.717, 1.165) is 11.5 Å². The molecule has 1 aromatic carbocycles. The average Bonchev–Trinajstić information content (AvgIpc) is 3.13. The van der Waals surface area contributed by atoms with Crippen LogP contribution in [0.3, 0.4) is 0 Å². The quantitative estimate of drug-likeness (QED) is 0.756. The summed E-state index contributed by atoms with van der Waals surface area (Å²) in [6, 6.07) is 8.47. The molecule has 1 heterocycles. The van der Waals surface area contributed by atoms with Gasteiger partial charge >= 0.3 is 0 Å². The Morgan fingerprint density at radius 2 is 2.00 bits per heavy atom. The molecule has 1 unspecified atom stereocenters. The van der Waals surface area contributed by atoms with Crippen LogP contribution in [0.25, 0.3) is 0 Å². The van der Waals surface area contributed by atoms with Gasteiger partial charge in [-0.2, -0.15) is 0 Å². The summed E-state index contributed by atoms with van der Waals surface area (Å²) >= 11 is 0. The fourth-order valence-corrected chi connectivity index (χ4v) is 2.14. The second kappa shape index (κ2) is 3.78. The molecule has 2 nitrogen and oxygen atoms in total. The van der Waals surface area contributed by atoms with Crippen LogP contribution in [0.5, 0.6) is 0 Å². The Balaban J connectivity index is 1.85. The number of hydrogen-bond donors (Lipinski definition) is 0. The number of ether oxygens (including phenoxy) is 1. The van der Waals surface area contributed by atoms with Gasteiger partial charge in [0.1, 0.15) is 6.10 Å². The molecular weight excluding hydrogens is 200 g/mol. The first-order chi connectivity index (χ1) is 7.83. The zero-order valence-electron chi connectivity index (χ0n) is 9.06. The maximum Gasteiger partial charge on any atom is 0.162 e. The van der Waals surface area contributed by atoms with Crippen LogP contribution in [0.4, 0.5) is 0 Å². The average molecular weight is 214 g/mol. The molecule has 1 aromatic rings. The predicted octanol–water partition coefficient (Wildman–Crippen LogP) is 3.11. The zero-order valence-corrected chi connectivity index (χ0v) is 9.06. The summed E-state index contributed by atoms with van der Waals surface area (Å²) < 4.78 is 5.49. The summed E-state index contributed by atoms with van der Waals surface area (Å²) in [4.78, 5) is 11.3. The van der Waals surface area contributed by atoms with Crippen molar-refractivity contribution in [3.63, 3.8) is 0 Å². The Morgan fingerprint density at radius 3 is 2.75 bits per heavy atom. The van der Waals surface area contributed by atoms with E-state index >= 15 is 0 Å². The van der Waals surface area contributed by atoms with Gasteiger partial charge < -0.3 is 4.74 Å². The first-order valence-electron chi connectivity index (χ1n) is 5.77. The van der Waals surface area contributed by atoms with Gasteiger partial charge in [0, 0.05) is 6.08 Å². The lowest BCUT2D eigenvalue weighted by atomic mass is 9.99. The maximum absolute atomic E-state index is 11.3. The number of ketones is 1. The molecule has 0 N–H and O–H groups in total. The lowest BCUT2D eigenvalue weighted by Gasteiger charge is -2.19. The molecule has 1 fully saturated rings. The van der Waals surface area contributed by atoms with Gasteiger partial charge in [-0.15, -0.1) is 0 Å². The van der Waals surface area contributed by atoms with E-state index < -0.39 is 0 Å². The number of hydrogen-bond acceptors (Lipinski definition) is 2. The molecule has 0 aromatic heterocycles. The molecule has 3 rings (SSSR count). The molecule has 16 heavy (non-hydrogen) atoms. The zero-order chi connectivity index (χ0) is 11.0. The lowest BCUT2D eigenvalue weighted by molar-refractivity contribution is -0.118. The summed E-state index contributed by atoms with van der Waals surface area (Å²) in [5.41, 5.74) is 2.52. The van der Waals surface area contributed by atoms with Crippen molar-refractivity contribution in [2.75, 3.05) is 0 Å². The Hall–Kier alpha value is -1.57. The van der Waals surface area contributed by atoms with E-state index in [2.05, 4.69) is 18.2 Å². The van der Waals surface area contributed by atoms with Crippen LogP contribution in [-0.2, 0) is 9.53 Å². The monoisotopic (exact) mass is 214 g/mol. The van der Waals surface area contributed by atoms with E-state index in [9.17, 15) is 4.79 Å². The third-order valence-corrected chi connectivity index (χ3v) is 3.21. The minimum atomic E-state index is -0.0869. The van der Waals surface area contributed by atoms with Crippen molar-refractivity contribution in [1.29, 1.82) is 0 Å². The van der Waals surface area contributed by atoms with Crippen molar-refractivity contribution in [2.24, 2.45) is 0 Å². The minimum Gasteiger partial charge on any atom is -0.493 e. The third kappa shape index (κ3) is 1.87. The molecular formula is C14H14O2. The first kappa shape index (κ1) is 9.64. The molecule has 0 spiro atoms. The van der Waals surface area contributed by atoms with E-state index in [4.69, 9.17) is 4.74 Å². The Bertz CT molecular complexity index is 444. The minimum absolute atomic E-state index is 0.0869. The highest BCUT2D eigenvalue weighted by Crippen LogP contribution is 2.41. The first-order valence-corrected chi connectivity index (χ1v) is 5.77. The van der Waals surface area contributed by atoms with Gasteiger partial charge in [0.05, 0.1) is 12.7 Å². The molecule has 0 radical (unpaired) electrons. The highest BCUT2D eigenvalue weighted by molar-refractivity contribution is 5.90. The van der Waals surface area contributed by atoms with Gasteiger partial charge in [0.15, 0.2) is 5.78 Å². The van der Waals surface area contributed by atoms with Crippen molar-refractivity contribution in [2.45, 2.75) is 31.3 Å². The molecule has 1 saturated carbocycles. The van der Waals surface area contributed by atoms with Gasteiger partial charge in [-0.3, -0.25) is 4.79 Å². The topological polar surface area (TPSA) is 26.3 Å². The number of rotatable bonds is 2. The number of carbonyl (C=O) groups is 1. The van der Waals surface area contributed by atoms with Crippen LogP contribution in [0.15, 0.2) is 36.6 Å². The summed E-state index contributed by atoms with van der Waals surface area (Å²) in [6.07, 6.45) is 5.99. The molecule has 82 valence electrons. The smallest absolute Gasteiger partial charge is 0.162 e. The van der Waals surface area contributed by atoms with Crippen LogP contribution < -0.4 is 0 Å². The summed E-state index contributed by atoms with van der Waals surface area (Å²) in [6.45, 7) is 0. The van der Waals surface area contributed by atoms with Crippen LogP contribution in [0, 0.1) is 0 Å². The van der Waals surface area contributed by atoms with Gasteiger partial charge in [-0.1, -0.05) is 24.3 Å². The summed E-state index contributed by atoms with van der Waals surface area (Å²) in [5, 5.41) is 0. The third-order valence-electron chi connectivity index (χ3n) is 3.21. The van der Waals surface area contributed by atoms with Gasteiger partial charge in [0.2, 0.25) is 0 Å². The lowest BCUT2D eigenvalue weighted by Crippen LogP contribution is -2.11. The van der Waals surface area contributed by atoms with Crippen LogP contribution >= 0.6 is 0 Å². The van der Waals surface area contributed by atoms with Crippen molar-refractivity contribution >= 4 is 5.78 Å². The molecule has 2 aliphatic rings. The molecule has 1 aliphatic heterocycles. The molecule has 0 bridgehead atoms. The Labute approximate surface area is 94.9 Å². The highest BCUT2D eigenvalue weighted by Gasteiger charge is 2.25. The maximum atomic E-state index is 11.3. The van der Waals surface area contributed by atoms with Gasteiger partial charge in [-0.05, 0) is 29.9 Å². The standard InChI is InChI=1S/C14H14O2/c15-13-6-7-16-14(9-13)12-3-1-2-11(8-12)10-4-5-10/h1-3,6-8,10,14H,4-5,9H2. The van der Waals surface area contributed by atoms with Crippen LogP contribution in [0.1, 0.15) is 42.4 Å². The molecule has 1 aliphatic carbocycles. The number of carbonyl (C=O) groups excluding carboxylic acids is 1. The van der Waals surface area contributed by atoms with Crippen molar-refractivity contribution in [3.8, 4) is 0 Å². The normalized spacial score (nSPS) is 24.2. The fraction of sp³-hybridized carbons (Fsp3) is 0.357. The van der Waals surface area contributed by atoms with Crippen LogP contribution in [0.2, 0.25) is 0 Å². The van der Waals surface area contributed by atoms with E-state index in [1.165, 1.54) is 30.7 Å². The van der Waals surface area contributed by atoms with Crippen LogP contribution in [-0.4, -0.2) is 5.78 Å². The van der Waals surface area contributed by atoms with Gasteiger partial charge in [0.25, 0.3) is 0 Å². The summed E-state index contributed by atoms with van der Waals surface area (Å²) in [5.74, 6) is 0.892. The van der Waals surface area contributed by atoms with E-state index in [1.807, 2.05) is 6.07 Å². The van der Waals surface area contributed by atoms with E-state index in [1.54, 1.807) is 0 Å². The van der Waals surface area contributed by atoms with E-state index in [0.29, 0.717) is 6.42 Å². The molecule has 0 amide bonds. The van der Waals surface area contributed by atoms with E-state index in [-0.39, 0.29) is 11.9 Å². The van der Waals surface area contributed by atoms with Gasteiger partial charge in [-0.25, -0.2) is 0 Å². The number of allylic oxidation sites excluding steroid dienone is 1. The Kier molecular flexibility index (Phi) is 2.28. The Morgan fingerprint density at radius 1 is 1.19 bits per heavy atom. The van der Waals surface area contributed by atoms with Crippen molar-refractivity contribution in [3.05, 3.63) is 47.7 Å². The SMILES string of the molecule is O=C1C=COC(c2cccc(C3CC3)c2)C1. The van der Waals surface area contributed by atoms with Crippen molar-refractivity contribution in [1.82, 2.24) is 0 Å². The molecule has 1 atom stereocenters. The second-order valence-electron chi connectivity index (χ2n) is 4.54. The fourth-order valence-electron chi connectivity index (χ4n) is 2.14. The highest BCUT2D eigenvalue weighted by atomic mass is 16.5. The largest absolute Gasteiger partial charge is 0.493 e. The second-order valence-corrected chi connectivity index (χ2v) is 4.54. The van der Waals surface area contributed by atoms with Crippen molar-refractivity contribution < 1.29 is 9.53 Å². The molecule has 2 heteroatoms. The number of benzene rings is 1. The summed E-state index contributed by atoms with van der Waals surface area (Å²) in [7, 11) is 0. The predicted molar refractivity (Wildman–Crippen MR) is 61.0 cm³/mol. The molecule has 0 saturated heterocycles.